The fourth-order valence-corrected chi connectivity index (χ4v) is 2.42. The van der Waals surface area contributed by atoms with Crippen molar-refractivity contribution in [3.63, 3.8) is 0 Å². The Kier molecular flexibility index (Phi) is 1.27. The Morgan fingerprint density at radius 2 is 2.60 bits per heavy atom. The molecular formula is C7H9NOS. The Labute approximate surface area is 64.3 Å². The first-order valence-corrected chi connectivity index (χ1v) is 4.36. The van der Waals surface area contributed by atoms with Crippen LogP contribution >= 0.6 is 11.8 Å². The number of thioether (sulfide) groups is 1. The molecule has 54 valence electrons. The highest BCUT2D eigenvalue weighted by molar-refractivity contribution is 8.00. The van der Waals surface area contributed by atoms with Crippen molar-refractivity contribution in [1.29, 1.82) is 0 Å². The van der Waals surface area contributed by atoms with Crippen LogP contribution < -0.4 is 0 Å². The van der Waals surface area contributed by atoms with Crippen LogP contribution in [0.25, 0.3) is 0 Å². The third-order valence-electron chi connectivity index (χ3n) is 1.84. The summed E-state index contributed by atoms with van der Waals surface area (Å²) < 4.78 is 0. The van der Waals surface area contributed by atoms with Crippen LogP contribution in [0, 0.1) is 0 Å². The summed E-state index contributed by atoms with van der Waals surface area (Å²) in [5.41, 5.74) is 0. The molecule has 0 aromatic carbocycles. The highest BCUT2D eigenvalue weighted by Gasteiger charge is 2.37. The Hall–Kier alpha value is -0.440. The van der Waals surface area contributed by atoms with Crippen LogP contribution in [0.15, 0.2) is 12.3 Å². The lowest BCUT2D eigenvalue weighted by Crippen LogP contribution is -2.49. The van der Waals surface area contributed by atoms with Crippen molar-refractivity contribution in [3.8, 4) is 0 Å². The summed E-state index contributed by atoms with van der Waals surface area (Å²) in [5, 5.41) is 1.03. The second kappa shape index (κ2) is 2.02. The molecule has 2 heterocycles. The highest BCUT2D eigenvalue weighted by Crippen LogP contribution is 2.36. The van der Waals surface area contributed by atoms with E-state index in [1.54, 1.807) is 0 Å². The van der Waals surface area contributed by atoms with E-state index in [9.17, 15) is 4.79 Å². The summed E-state index contributed by atoms with van der Waals surface area (Å²) in [4.78, 5) is 12.6. The SMILES string of the molecule is C[C@@H]1C=CN2C(=O)C[C@@H]2S1. The summed E-state index contributed by atoms with van der Waals surface area (Å²) >= 11 is 1.86. The molecule has 1 saturated heterocycles. The van der Waals surface area contributed by atoms with Gasteiger partial charge in [0.25, 0.3) is 0 Å². The molecule has 2 rings (SSSR count). The third-order valence-corrected chi connectivity index (χ3v) is 3.13. The van der Waals surface area contributed by atoms with Crippen LogP contribution in [0.3, 0.4) is 0 Å². The van der Waals surface area contributed by atoms with E-state index in [1.165, 1.54) is 0 Å². The summed E-state index contributed by atoms with van der Waals surface area (Å²) in [6.45, 7) is 2.15. The Morgan fingerprint density at radius 3 is 3.20 bits per heavy atom. The smallest absolute Gasteiger partial charge is 0.230 e. The van der Waals surface area contributed by atoms with Gasteiger partial charge in [0, 0.05) is 11.4 Å². The second-order valence-corrected chi connectivity index (χ2v) is 4.20. The number of nitrogens with zero attached hydrogens (tertiary/aromatic N) is 1. The molecule has 0 aliphatic carbocycles. The maximum atomic E-state index is 10.8. The molecule has 0 unspecified atom stereocenters. The number of fused-ring (bicyclic) bond motifs is 1. The zero-order valence-corrected chi connectivity index (χ0v) is 6.60. The van der Waals surface area contributed by atoms with Crippen LogP contribution in [0.2, 0.25) is 0 Å². The lowest BCUT2D eigenvalue weighted by molar-refractivity contribution is -0.137. The zero-order valence-electron chi connectivity index (χ0n) is 5.78. The predicted octanol–water partition coefficient (Wildman–Crippen LogP) is 1.19. The van der Waals surface area contributed by atoms with E-state index >= 15 is 0 Å². The molecule has 0 saturated carbocycles. The summed E-state index contributed by atoms with van der Waals surface area (Å²) in [6.07, 6.45) is 4.72. The monoisotopic (exact) mass is 155 g/mol. The van der Waals surface area contributed by atoms with Gasteiger partial charge in [0.05, 0.1) is 11.8 Å². The van der Waals surface area contributed by atoms with Crippen molar-refractivity contribution in [2.45, 2.75) is 24.0 Å². The molecule has 0 radical (unpaired) electrons. The maximum Gasteiger partial charge on any atom is 0.230 e. The largest absolute Gasteiger partial charge is 0.306 e. The normalized spacial score (nSPS) is 37.3. The minimum atomic E-state index is 0.264. The number of carbonyl (C=O) groups excluding carboxylic acids is 1. The molecule has 0 N–H and O–H groups in total. The zero-order chi connectivity index (χ0) is 7.14. The number of hydrogen-bond donors (Lipinski definition) is 0. The van der Waals surface area contributed by atoms with Gasteiger partial charge in [-0.3, -0.25) is 4.79 Å². The molecule has 3 heteroatoms. The van der Waals surface area contributed by atoms with Crippen molar-refractivity contribution in [3.05, 3.63) is 12.3 Å². The number of amides is 1. The lowest BCUT2D eigenvalue weighted by Gasteiger charge is -2.41. The average Bonchev–Trinajstić information content (AvgIpc) is 1.86. The van der Waals surface area contributed by atoms with E-state index in [-0.39, 0.29) is 5.91 Å². The van der Waals surface area contributed by atoms with E-state index in [0.29, 0.717) is 10.6 Å². The van der Waals surface area contributed by atoms with Gasteiger partial charge in [-0.1, -0.05) is 6.08 Å². The molecule has 1 amide bonds. The maximum absolute atomic E-state index is 10.8. The minimum Gasteiger partial charge on any atom is -0.306 e. The summed E-state index contributed by atoms with van der Waals surface area (Å²) in [5.74, 6) is 0.264. The van der Waals surface area contributed by atoms with Gasteiger partial charge in [-0.2, -0.15) is 0 Å². The van der Waals surface area contributed by atoms with E-state index in [2.05, 4.69) is 13.0 Å². The fraction of sp³-hybridized carbons (Fsp3) is 0.571. The second-order valence-electron chi connectivity index (χ2n) is 2.64. The number of carbonyl (C=O) groups is 1. The minimum absolute atomic E-state index is 0.264. The van der Waals surface area contributed by atoms with Gasteiger partial charge in [-0.05, 0) is 6.92 Å². The van der Waals surface area contributed by atoms with Gasteiger partial charge in [0.2, 0.25) is 5.91 Å². The number of β-lactam (4-membered cyclic amide) rings is 1. The molecule has 0 bridgehead atoms. The van der Waals surface area contributed by atoms with Gasteiger partial charge >= 0.3 is 0 Å². The number of rotatable bonds is 0. The molecule has 1 fully saturated rings. The van der Waals surface area contributed by atoms with E-state index in [0.717, 1.165) is 6.42 Å². The van der Waals surface area contributed by atoms with Crippen molar-refractivity contribution in [1.82, 2.24) is 4.90 Å². The van der Waals surface area contributed by atoms with Crippen LogP contribution in [-0.4, -0.2) is 21.4 Å². The topological polar surface area (TPSA) is 20.3 Å². The third kappa shape index (κ3) is 0.770. The van der Waals surface area contributed by atoms with Crippen LogP contribution in [0.4, 0.5) is 0 Å². The highest BCUT2D eigenvalue weighted by atomic mass is 32.2. The first-order chi connectivity index (χ1) is 4.77. The Morgan fingerprint density at radius 1 is 1.80 bits per heavy atom. The van der Waals surface area contributed by atoms with Crippen molar-refractivity contribution in [2.75, 3.05) is 0 Å². The summed E-state index contributed by atoms with van der Waals surface area (Å²) in [7, 11) is 0. The van der Waals surface area contributed by atoms with Crippen LogP contribution in [0.5, 0.6) is 0 Å². The molecule has 0 aromatic heterocycles. The molecule has 2 aliphatic rings. The molecular weight excluding hydrogens is 146 g/mol. The predicted molar refractivity (Wildman–Crippen MR) is 41.4 cm³/mol. The molecule has 2 nitrogen and oxygen atoms in total. The standard InChI is InChI=1S/C7H9NOS/c1-5-2-3-8-6(9)4-7(8)10-5/h2-3,5,7H,4H2,1H3/t5-,7+/m1/s1. The van der Waals surface area contributed by atoms with Crippen LogP contribution in [0.1, 0.15) is 13.3 Å². The Balaban J connectivity index is 2.14. The molecule has 0 aromatic rings. The van der Waals surface area contributed by atoms with Crippen molar-refractivity contribution < 1.29 is 4.79 Å². The van der Waals surface area contributed by atoms with Gasteiger partial charge in [0.1, 0.15) is 0 Å². The van der Waals surface area contributed by atoms with E-state index < -0.39 is 0 Å². The van der Waals surface area contributed by atoms with E-state index in [1.807, 2.05) is 22.9 Å². The number of hydrogen-bond acceptors (Lipinski definition) is 2. The molecule has 2 aliphatic heterocycles. The summed E-state index contributed by atoms with van der Waals surface area (Å²) in [6, 6.07) is 0. The first kappa shape index (κ1) is 6.28. The molecule has 10 heavy (non-hydrogen) atoms. The molecule has 2 atom stereocenters. The van der Waals surface area contributed by atoms with Gasteiger partial charge in [-0.15, -0.1) is 11.8 Å². The van der Waals surface area contributed by atoms with Gasteiger partial charge in [0.15, 0.2) is 0 Å². The van der Waals surface area contributed by atoms with Crippen molar-refractivity contribution in [2.24, 2.45) is 0 Å². The van der Waals surface area contributed by atoms with Gasteiger partial charge in [-0.25, -0.2) is 0 Å². The molecule has 0 spiro atoms. The Bertz CT molecular complexity index is 202. The van der Waals surface area contributed by atoms with Gasteiger partial charge < -0.3 is 4.90 Å². The lowest BCUT2D eigenvalue weighted by atomic mass is 10.2. The average molecular weight is 155 g/mol. The first-order valence-electron chi connectivity index (χ1n) is 3.42. The fourth-order valence-electron chi connectivity index (χ4n) is 1.20. The van der Waals surface area contributed by atoms with Crippen LogP contribution in [-0.2, 0) is 4.79 Å². The quantitative estimate of drug-likeness (QED) is 0.490. The van der Waals surface area contributed by atoms with E-state index in [4.69, 9.17) is 0 Å². The van der Waals surface area contributed by atoms with Crippen molar-refractivity contribution >= 4 is 17.7 Å².